The zero-order chi connectivity index (χ0) is 22.2. The zero-order valence-electron chi connectivity index (χ0n) is 18.2. The van der Waals surface area contributed by atoms with E-state index >= 15 is 0 Å². The van der Waals surface area contributed by atoms with Crippen LogP contribution in [0, 0.1) is 0 Å². The molecule has 9 heteroatoms. The molecule has 1 unspecified atom stereocenters. The summed E-state index contributed by atoms with van der Waals surface area (Å²) in [4.78, 5) is 0. The molecular formula is C22H29Cl2N3O3Si. The molecule has 1 aromatic carbocycles. The highest BCUT2D eigenvalue weighted by Crippen LogP contribution is 2.43. The number of aromatic nitrogens is 3. The van der Waals surface area contributed by atoms with Crippen molar-refractivity contribution in [2.24, 2.45) is 0 Å². The van der Waals surface area contributed by atoms with Crippen molar-refractivity contribution in [3.63, 3.8) is 0 Å². The van der Waals surface area contributed by atoms with Crippen LogP contribution in [0.5, 0.6) is 5.75 Å². The zero-order valence-corrected chi connectivity index (χ0v) is 20.7. The van der Waals surface area contributed by atoms with Gasteiger partial charge in [-0.05, 0) is 25.3 Å². The van der Waals surface area contributed by atoms with Crippen LogP contribution in [0.1, 0.15) is 25.5 Å². The molecule has 0 aliphatic carbocycles. The Hall–Kier alpha value is -1.51. The first-order valence-electron chi connectivity index (χ1n) is 10.7. The van der Waals surface area contributed by atoms with Gasteiger partial charge in [-0.2, -0.15) is 5.10 Å². The van der Waals surface area contributed by atoms with Gasteiger partial charge in [-0.25, -0.2) is 4.68 Å². The summed E-state index contributed by atoms with van der Waals surface area (Å²) in [5.41, 5.74) is 2.38. The second-order valence-electron chi connectivity index (χ2n) is 9.31. The molecule has 0 bridgehead atoms. The molecule has 1 N–H and O–H groups in total. The lowest BCUT2D eigenvalue weighted by Gasteiger charge is -2.22. The van der Waals surface area contributed by atoms with E-state index in [-0.39, 0.29) is 12.0 Å². The molecule has 4 rings (SSSR count). The highest BCUT2D eigenvalue weighted by atomic mass is 35.5. The lowest BCUT2D eigenvalue weighted by molar-refractivity contribution is -0.0394. The SMILES string of the molecule is C[Si](C)(C)CCOCn1cc(-c2cnn(C3CCCCO3)c2)c2c(O)cc(Cl)c(Cl)c21. The Kier molecular flexibility index (Phi) is 6.70. The van der Waals surface area contributed by atoms with Gasteiger partial charge in [0.25, 0.3) is 0 Å². The number of hydrogen-bond donors (Lipinski definition) is 1. The monoisotopic (exact) mass is 481 g/mol. The molecule has 0 amide bonds. The summed E-state index contributed by atoms with van der Waals surface area (Å²) in [6, 6.07) is 2.56. The van der Waals surface area contributed by atoms with Gasteiger partial charge in [0.15, 0.2) is 0 Å². The number of fused-ring (bicyclic) bond motifs is 1. The van der Waals surface area contributed by atoms with Crippen LogP contribution in [0.2, 0.25) is 35.7 Å². The summed E-state index contributed by atoms with van der Waals surface area (Å²) in [6.07, 6.45) is 8.82. The minimum absolute atomic E-state index is 0.0487. The number of nitrogens with zero attached hydrogens (tertiary/aromatic N) is 3. The maximum Gasteiger partial charge on any atom is 0.150 e. The van der Waals surface area contributed by atoms with Gasteiger partial charge in [-0.1, -0.05) is 42.8 Å². The first-order chi connectivity index (χ1) is 14.7. The number of aromatic hydroxyl groups is 1. The Morgan fingerprint density at radius 3 is 2.77 bits per heavy atom. The predicted octanol–water partition coefficient (Wildman–Crippen LogP) is 6.53. The summed E-state index contributed by atoms with van der Waals surface area (Å²) in [6.45, 7) is 8.74. The number of phenolic OH excluding ortho intramolecular Hbond substituents is 1. The van der Waals surface area contributed by atoms with Gasteiger partial charge in [-0.15, -0.1) is 0 Å². The van der Waals surface area contributed by atoms with Crippen LogP contribution in [0.25, 0.3) is 22.0 Å². The van der Waals surface area contributed by atoms with E-state index < -0.39 is 8.07 Å². The van der Waals surface area contributed by atoms with Gasteiger partial charge in [0.1, 0.15) is 18.7 Å². The van der Waals surface area contributed by atoms with Gasteiger partial charge in [0.2, 0.25) is 0 Å². The molecule has 31 heavy (non-hydrogen) atoms. The van der Waals surface area contributed by atoms with Gasteiger partial charge >= 0.3 is 0 Å². The van der Waals surface area contributed by atoms with E-state index in [1.807, 2.05) is 21.6 Å². The van der Waals surface area contributed by atoms with Gasteiger partial charge in [0.05, 0.1) is 27.1 Å². The minimum Gasteiger partial charge on any atom is -0.507 e. The number of halogens is 2. The van der Waals surface area contributed by atoms with Crippen molar-refractivity contribution < 1.29 is 14.6 Å². The smallest absolute Gasteiger partial charge is 0.150 e. The van der Waals surface area contributed by atoms with Crippen molar-refractivity contribution in [3.8, 4) is 16.9 Å². The van der Waals surface area contributed by atoms with Crippen LogP contribution in [0.3, 0.4) is 0 Å². The van der Waals surface area contributed by atoms with E-state index in [0.29, 0.717) is 34.3 Å². The molecule has 3 aromatic rings. The molecule has 0 spiro atoms. The molecule has 168 valence electrons. The molecule has 3 heterocycles. The average Bonchev–Trinajstić information content (AvgIpc) is 3.35. The van der Waals surface area contributed by atoms with Crippen LogP contribution in [-0.4, -0.2) is 40.7 Å². The van der Waals surface area contributed by atoms with Crippen molar-refractivity contribution >= 4 is 42.2 Å². The number of hydrogen-bond acceptors (Lipinski definition) is 4. The third-order valence-corrected chi connectivity index (χ3v) is 8.09. The van der Waals surface area contributed by atoms with Crippen LogP contribution >= 0.6 is 23.2 Å². The molecule has 1 saturated heterocycles. The van der Waals surface area contributed by atoms with E-state index in [2.05, 4.69) is 24.7 Å². The van der Waals surface area contributed by atoms with Gasteiger partial charge < -0.3 is 19.1 Å². The maximum atomic E-state index is 10.7. The summed E-state index contributed by atoms with van der Waals surface area (Å²) in [7, 11) is -1.18. The summed E-state index contributed by atoms with van der Waals surface area (Å²) in [5.74, 6) is 0.0851. The molecule has 1 fully saturated rings. The Balaban J connectivity index is 1.69. The van der Waals surface area contributed by atoms with E-state index in [1.165, 1.54) is 6.07 Å². The predicted molar refractivity (Wildman–Crippen MR) is 128 cm³/mol. The third-order valence-electron chi connectivity index (χ3n) is 5.61. The fourth-order valence-electron chi connectivity index (χ4n) is 3.85. The first kappa shape index (κ1) is 22.7. The van der Waals surface area contributed by atoms with Crippen molar-refractivity contribution in [3.05, 3.63) is 34.7 Å². The minimum atomic E-state index is -1.18. The van der Waals surface area contributed by atoms with Crippen molar-refractivity contribution in [2.45, 2.75) is 57.9 Å². The van der Waals surface area contributed by atoms with Crippen molar-refractivity contribution in [2.75, 3.05) is 13.2 Å². The first-order valence-corrected chi connectivity index (χ1v) is 15.1. The van der Waals surface area contributed by atoms with E-state index in [1.54, 1.807) is 6.20 Å². The molecule has 6 nitrogen and oxygen atoms in total. The van der Waals surface area contributed by atoms with Crippen LogP contribution < -0.4 is 0 Å². The number of ether oxygens (including phenoxy) is 2. The van der Waals surface area contributed by atoms with E-state index in [9.17, 15) is 5.11 Å². The lowest BCUT2D eigenvalue weighted by Crippen LogP contribution is -2.21. The second-order valence-corrected chi connectivity index (χ2v) is 15.7. The molecule has 0 saturated carbocycles. The fraction of sp³-hybridized carbons (Fsp3) is 0.500. The Bertz CT molecular complexity index is 1070. The average molecular weight is 482 g/mol. The quantitative estimate of drug-likeness (QED) is 0.307. The lowest BCUT2D eigenvalue weighted by atomic mass is 10.1. The largest absolute Gasteiger partial charge is 0.507 e. The maximum absolute atomic E-state index is 10.7. The Morgan fingerprint density at radius 1 is 1.26 bits per heavy atom. The van der Waals surface area contributed by atoms with Crippen LogP contribution in [-0.2, 0) is 16.2 Å². The molecule has 1 aliphatic rings. The Morgan fingerprint density at radius 2 is 2.06 bits per heavy atom. The molecular weight excluding hydrogens is 453 g/mol. The van der Waals surface area contributed by atoms with Gasteiger partial charge in [0, 0.05) is 50.9 Å². The number of rotatable bonds is 7. The third kappa shape index (κ3) is 4.96. The van der Waals surface area contributed by atoms with Gasteiger partial charge in [-0.3, -0.25) is 0 Å². The Labute approximate surface area is 193 Å². The normalized spacial score (nSPS) is 17.5. The van der Waals surface area contributed by atoms with Crippen LogP contribution in [0.15, 0.2) is 24.7 Å². The van der Waals surface area contributed by atoms with E-state index in [0.717, 1.165) is 43.0 Å². The highest BCUT2D eigenvalue weighted by Gasteiger charge is 2.22. The van der Waals surface area contributed by atoms with Crippen molar-refractivity contribution in [1.29, 1.82) is 0 Å². The number of phenols is 1. The standard InChI is InChI=1S/C22H29Cl2N3O3Si/c1-31(2,3)9-8-29-14-26-13-16(20-18(28)10-17(23)21(24)22(20)26)15-11-25-27(12-15)19-6-4-5-7-30-19/h10-13,19,28H,4-9,14H2,1-3H3. The summed E-state index contributed by atoms with van der Waals surface area (Å²) in [5, 5.41) is 16.6. The second kappa shape index (κ2) is 9.15. The van der Waals surface area contributed by atoms with Crippen LogP contribution in [0.4, 0.5) is 0 Å². The highest BCUT2D eigenvalue weighted by molar-refractivity contribution is 6.76. The molecule has 0 radical (unpaired) electrons. The topological polar surface area (TPSA) is 61.4 Å². The molecule has 2 aromatic heterocycles. The summed E-state index contributed by atoms with van der Waals surface area (Å²) >= 11 is 12.8. The fourth-order valence-corrected chi connectivity index (χ4v) is 5.06. The van der Waals surface area contributed by atoms with E-state index in [4.69, 9.17) is 32.7 Å². The van der Waals surface area contributed by atoms with Crippen molar-refractivity contribution in [1.82, 2.24) is 14.3 Å². The summed E-state index contributed by atoms with van der Waals surface area (Å²) < 4.78 is 15.6. The molecule has 1 aliphatic heterocycles. The molecule has 1 atom stereocenters. The number of benzene rings is 1.